The second-order valence-electron chi connectivity index (χ2n) is 4.86. The molecule has 0 radical (unpaired) electrons. The SMILES string of the molecule is CNC(c1cccnc1)C1CN(C)CCN1C. The number of pyridine rings is 1. The van der Waals surface area contributed by atoms with Gasteiger partial charge in [-0.3, -0.25) is 9.88 Å². The van der Waals surface area contributed by atoms with Gasteiger partial charge in [0.25, 0.3) is 0 Å². The summed E-state index contributed by atoms with van der Waals surface area (Å²) in [7, 11) is 6.43. The van der Waals surface area contributed by atoms with Gasteiger partial charge in [0.15, 0.2) is 0 Å². The third kappa shape index (κ3) is 2.83. The molecule has 1 N–H and O–H groups in total. The van der Waals surface area contributed by atoms with Crippen molar-refractivity contribution in [3.8, 4) is 0 Å². The Morgan fingerprint density at radius 2 is 2.24 bits per heavy atom. The zero-order chi connectivity index (χ0) is 12.3. The van der Waals surface area contributed by atoms with Crippen LogP contribution in [0.4, 0.5) is 0 Å². The first-order chi connectivity index (χ1) is 8.22. The minimum Gasteiger partial charge on any atom is -0.312 e. The summed E-state index contributed by atoms with van der Waals surface area (Å²) >= 11 is 0. The van der Waals surface area contributed by atoms with Gasteiger partial charge < -0.3 is 10.2 Å². The lowest BCUT2D eigenvalue weighted by Gasteiger charge is -2.41. The number of likely N-dealkylation sites (N-methyl/N-ethyl adjacent to an activating group) is 3. The molecule has 1 aromatic heterocycles. The first-order valence-corrected chi connectivity index (χ1v) is 6.18. The van der Waals surface area contributed by atoms with E-state index in [1.165, 1.54) is 5.56 Å². The molecular weight excluding hydrogens is 212 g/mol. The first kappa shape index (κ1) is 12.5. The number of rotatable bonds is 3. The van der Waals surface area contributed by atoms with Gasteiger partial charge in [-0.05, 0) is 32.8 Å². The van der Waals surface area contributed by atoms with Crippen molar-refractivity contribution in [2.75, 3.05) is 40.8 Å². The Labute approximate surface area is 104 Å². The van der Waals surface area contributed by atoms with Gasteiger partial charge >= 0.3 is 0 Å². The zero-order valence-corrected chi connectivity index (χ0v) is 10.9. The standard InChI is InChI=1S/C13H22N4/c1-14-13(11-5-4-6-15-9-11)12-10-16(2)7-8-17(12)3/h4-6,9,12-14H,7-8,10H2,1-3H3. The van der Waals surface area contributed by atoms with Gasteiger partial charge in [0, 0.05) is 38.1 Å². The largest absolute Gasteiger partial charge is 0.312 e. The van der Waals surface area contributed by atoms with Gasteiger partial charge in [-0.1, -0.05) is 6.07 Å². The molecule has 1 aliphatic heterocycles. The molecule has 0 spiro atoms. The van der Waals surface area contributed by atoms with E-state index in [-0.39, 0.29) is 0 Å². The van der Waals surface area contributed by atoms with E-state index in [1.807, 2.05) is 25.5 Å². The van der Waals surface area contributed by atoms with Crippen LogP contribution >= 0.6 is 0 Å². The Morgan fingerprint density at radius 1 is 1.41 bits per heavy atom. The molecule has 0 bridgehead atoms. The predicted octanol–water partition coefficient (Wildman–Crippen LogP) is 0.588. The van der Waals surface area contributed by atoms with Crippen LogP contribution in [0.15, 0.2) is 24.5 Å². The number of piperazine rings is 1. The van der Waals surface area contributed by atoms with E-state index in [1.54, 1.807) is 0 Å². The molecule has 94 valence electrons. The number of nitrogens with one attached hydrogen (secondary N) is 1. The molecule has 1 aliphatic rings. The van der Waals surface area contributed by atoms with Crippen LogP contribution in [-0.2, 0) is 0 Å². The molecule has 0 aromatic carbocycles. The lowest BCUT2D eigenvalue weighted by Crippen LogP contribution is -2.54. The van der Waals surface area contributed by atoms with Crippen molar-refractivity contribution in [3.05, 3.63) is 30.1 Å². The van der Waals surface area contributed by atoms with Crippen molar-refractivity contribution in [2.45, 2.75) is 12.1 Å². The second-order valence-corrected chi connectivity index (χ2v) is 4.86. The number of hydrogen-bond acceptors (Lipinski definition) is 4. The minimum atomic E-state index is 0.344. The first-order valence-electron chi connectivity index (χ1n) is 6.18. The monoisotopic (exact) mass is 234 g/mol. The highest BCUT2D eigenvalue weighted by Gasteiger charge is 2.29. The van der Waals surface area contributed by atoms with Crippen molar-refractivity contribution in [2.24, 2.45) is 0 Å². The Hall–Kier alpha value is -0.970. The van der Waals surface area contributed by atoms with Crippen LogP contribution in [0.25, 0.3) is 0 Å². The second kappa shape index (κ2) is 5.58. The molecule has 1 aromatic rings. The van der Waals surface area contributed by atoms with Crippen LogP contribution in [-0.4, -0.2) is 61.6 Å². The van der Waals surface area contributed by atoms with Crippen molar-refractivity contribution >= 4 is 0 Å². The highest BCUT2D eigenvalue weighted by atomic mass is 15.3. The van der Waals surface area contributed by atoms with Crippen molar-refractivity contribution < 1.29 is 0 Å². The number of nitrogens with zero attached hydrogens (tertiary/aromatic N) is 3. The maximum atomic E-state index is 4.22. The van der Waals surface area contributed by atoms with Crippen LogP contribution < -0.4 is 5.32 Å². The van der Waals surface area contributed by atoms with E-state index in [4.69, 9.17) is 0 Å². The average molecular weight is 234 g/mol. The molecular formula is C13H22N4. The highest BCUT2D eigenvalue weighted by Crippen LogP contribution is 2.22. The van der Waals surface area contributed by atoms with Crippen LogP contribution in [0.1, 0.15) is 11.6 Å². The fourth-order valence-corrected chi connectivity index (χ4v) is 2.55. The van der Waals surface area contributed by atoms with Crippen LogP contribution in [0.2, 0.25) is 0 Å². The Balaban J connectivity index is 2.17. The van der Waals surface area contributed by atoms with Crippen molar-refractivity contribution in [1.82, 2.24) is 20.1 Å². The molecule has 1 saturated heterocycles. The number of aromatic nitrogens is 1. The van der Waals surface area contributed by atoms with Gasteiger partial charge in [-0.2, -0.15) is 0 Å². The fraction of sp³-hybridized carbons (Fsp3) is 0.615. The van der Waals surface area contributed by atoms with Gasteiger partial charge in [0.05, 0.1) is 6.04 Å². The molecule has 4 nitrogen and oxygen atoms in total. The fourth-order valence-electron chi connectivity index (χ4n) is 2.55. The van der Waals surface area contributed by atoms with Crippen LogP contribution in [0, 0.1) is 0 Å². The summed E-state index contributed by atoms with van der Waals surface area (Å²) in [5, 5.41) is 3.43. The predicted molar refractivity (Wildman–Crippen MR) is 70.0 cm³/mol. The Kier molecular flexibility index (Phi) is 4.10. The van der Waals surface area contributed by atoms with E-state index in [2.05, 4.69) is 40.3 Å². The summed E-state index contributed by atoms with van der Waals surface area (Å²) in [5.41, 5.74) is 1.27. The summed E-state index contributed by atoms with van der Waals surface area (Å²) in [5.74, 6) is 0. The molecule has 17 heavy (non-hydrogen) atoms. The lowest BCUT2D eigenvalue weighted by molar-refractivity contribution is 0.0896. The molecule has 0 amide bonds. The van der Waals surface area contributed by atoms with E-state index in [0.29, 0.717) is 12.1 Å². The summed E-state index contributed by atoms with van der Waals surface area (Å²) in [6.45, 7) is 3.37. The van der Waals surface area contributed by atoms with E-state index < -0.39 is 0 Å². The topological polar surface area (TPSA) is 31.4 Å². The maximum absolute atomic E-state index is 4.22. The molecule has 1 fully saturated rings. The van der Waals surface area contributed by atoms with Crippen molar-refractivity contribution in [3.63, 3.8) is 0 Å². The van der Waals surface area contributed by atoms with Gasteiger partial charge in [-0.25, -0.2) is 0 Å². The minimum absolute atomic E-state index is 0.344. The molecule has 2 atom stereocenters. The lowest BCUT2D eigenvalue weighted by atomic mass is 9.98. The van der Waals surface area contributed by atoms with Crippen molar-refractivity contribution in [1.29, 1.82) is 0 Å². The molecule has 2 unspecified atom stereocenters. The smallest absolute Gasteiger partial charge is 0.0503 e. The number of hydrogen-bond donors (Lipinski definition) is 1. The van der Waals surface area contributed by atoms with Gasteiger partial charge in [0.2, 0.25) is 0 Å². The summed E-state index contributed by atoms with van der Waals surface area (Å²) < 4.78 is 0. The zero-order valence-electron chi connectivity index (χ0n) is 10.9. The molecule has 0 aliphatic carbocycles. The van der Waals surface area contributed by atoms with E-state index >= 15 is 0 Å². The third-order valence-corrected chi connectivity index (χ3v) is 3.64. The summed E-state index contributed by atoms with van der Waals surface area (Å²) in [6.07, 6.45) is 3.79. The summed E-state index contributed by atoms with van der Waals surface area (Å²) in [6, 6.07) is 5.00. The van der Waals surface area contributed by atoms with Gasteiger partial charge in [0.1, 0.15) is 0 Å². The Morgan fingerprint density at radius 3 is 2.88 bits per heavy atom. The van der Waals surface area contributed by atoms with E-state index in [9.17, 15) is 0 Å². The van der Waals surface area contributed by atoms with E-state index in [0.717, 1.165) is 19.6 Å². The Bertz CT molecular complexity index is 341. The quantitative estimate of drug-likeness (QED) is 0.829. The van der Waals surface area contributed by atoms with Crippen LogP contribution in [0.5, 0.6) is 0 Å². The highest BCUT2D eigenvalue weighted by molar-refractivity contribution is 5.16. The molecule has 2 heterocycles. The third-order valence-electron chi connectivity index (χ3n) is 3.64. The van der Waals surface area contributed by atoms with Gasteiger partial charge in [-0.15, -0.1) is 0 Å². The molecule has 2 rings (SSSR count). The molecule has 0 saturated carbocycles. The average Bonchev–Trinajstić information content (AvgIpc) is 2.36. The summed E-state index contributed by atoms with van der Waals surface area (Å²) in [4.78, 5) is 9.05. The molecule has 4 heteroatoms. The normalized spacial score (nSPS) is 24.8. The maximum Gasteiger partial charge on any atom is 0.0503 e. The van der Waals surface area contributed by atoms with Crippen LogP contribution in [0.3, 0.4) is 0 Å².